The van der Waals surface area contributed by atoms with Crippen LogP contribution in [0.5, 0.6) is 0 Å². The monoisotopic (exact) mass is 381 g/mol. The van der Waals surface area contributed by atoms with Gasteiger partial charge in [-0.25, -0.2) is 0 Å². The molecule has 4 rings (SSSR count). The normalized spacial score (nSPS) is 21.1. The van der Waals surface area contributed by atoms with Crippen LogP contribution in [0.1, 0.15) is 11.1 Å². The van der Waals surface area contributed by atoms with E-state index >= 15 is 0 Å². The van der Waals surface area contributed by atoms with Crippen molar-refractivity contribution in [2.45, 2.75) is 11.5 Å². The molecule has 1 unspecified atom stereocenters. The molecule has 5 nitrogen and oxygen atoms in total. The van der Waals surface area contributed by atoms with Crippen LogP contribution >= 0.6 is 15.9 Å². The Hall–Kier alpha value is -2.47. The van der Waals surface area contributed by atoms with Crippen molar-refractivity contribution in [3.63, 3.8) is 0 Å². The van der Waals surface area contributed by atoms with Crippen LogP contribution in [0.15, 0.2) is 71.0 Å². The average Bonchev–Trinajstić information content (AvgIpc) is 3.02. The third-order valence-electron chi connectivity index (χ3n) is 3.90. The second-order valence-corrected chi connectivity index (χ2v) is 6.62. The minimum absolute atomic E-state index is 0.164. The summed E-state index contributed by atoms with van der Waals surface area (Å²) in [5, 5.41) is 3.43. The Morgan fingerprint density at radius 3 is 2.88 bits per heavy atom. The van der Waals surface area contributed by atoms with Crippen LogP contribution in [0.2, 0.25) is 0 Å². The van der Waals surface area contributed by atoms with Crippen LogP contribution in [0.3, 0.4) is 0 Å². The lowest BCUT2D eigenvalue weighted by Crippen LogP contribution is -2.44. The van der Waals surface area contributed by atoms with E-state index in [-0.39, 0.29) is 4.95 Å². The molecule has 2 aliphatic rings. The van der Waals surface area contributed by atoms with E-state index in [0.29, 0.717) is 13.1 Å². The molecule has 0 saturated carbocycles. The number of alkyl halides is 1. The van der Waals surface area contributed by atoms with Crippen molar-refractivity contribution >= 4 is 33.3 Å². The third-order valence-corrected chi connectivity index (χ3v) is 4.63. The molecule has 0 bridgehead atoms. The number of rotatable bonds is 3. The van der Waals surface area contributed by atoms with Crippen LogP contribution in [0, 0.1) is 0 Å². The highest BCUT2D eigenvalue weighted by Crippen LogP contribution is 2.25. The first-order valence-corrected chi connectivity index (χ1v) is 8.68. The summed E-state index contributed by atoms with van der Waals surface area (Å²) in [6.07, 6.45) is 5.69. The van der Waals surface area contributed by atoms with E-state index in [4.69, 9.17) is 4.99 Å². The zero-order valence-corrected chi connectivity index (χ0v) is 14.5. The molecular weight excluding hydrogens is 366 g/mol. The van der Waals surface area contributed by atoms with Gasteiger partial charge in [-0.1, -0.05) is 52.3 Å². The minimum atomic E-state index is 0.164. The van der Waals surface area contributed by atoms with Crippen molar-refractivity contribution in [1.82, 2.24) is 15.2 Å². The van der Waals surface area contributed by atoms with Gasteiger partial charge in [0.15, 0.2) is 11.7 Å². The fraction of sp³-hybridized carbons (Fsp3) is 0.167. The molecule has 0 saturated heterocycles. The lowest BCUT2D eigenvalue weighted by atomic mass is 10.1. The van der Waals surface area contributed by atoms with Gasteiger partial charge in [0.2, 0.25) is 0 Å². The Morgan fingerprint density at radius 1 is 1.21 bits per heavy atom. The van der Waals surface area contributed by atoms with E-state index in [1.807, 2.05) is 36.5 Å². The molecule has 2 aromatic rings. The minimum Gasteiger partial charge on any atom is -0.336 e. The summed E-state index contributed by atoms with van der Waals surface area (Å²) in [5.74, 6) is 1.67. The second-order valence-electron chi connectivity index (χ2n) is 5.57. The molecule has 0 fully saturated rings. The molecule has 1 atom stereocenters. The first-order valence-electron chi connectivity index (χ1n) is 7.76. The molecule has 0 amide bonds. The zero-order valence-electron chi connectivity index (χ0n) is 12.9. The molecule has 0 spiro atoms. The molecule has 0 aliphatic carbocycles. The topological polar surface area (TPSA) is 52.9 Å². The van der Waals surface area contributed by atoms with E-state index in [2.05, 4.69) is 54.5 Å². The predicted molar refractivity (Wildman–Crippen MR) is 99.8 cm³/mol. The van der Waals surface area contributed by atoms with Crippen molar-refractivity contribution in [1.29, 1.82) is 0 Å². The van der Waals surface area contributed by atoms with E-state index in [1.54, 1.807) is 6.20 Å². The Bertz CT molecular complexity index is 814. The number of aromatic nitrogens is 1. The number of benzene rings is 1. The smallest absolute Gasteiger partial charge is 0.172 e. The number of aliphatic imine (C=N–C) groups is 2. The lowest BCUT2D eigenvalue weighted by Gasteiger charge is -2.28. The van der Waals surface area contributed by atoms with Gasteiger partial charge in [0.25, 0.3) is 0 Å². The van der Waals surface area contributed by atoms with Crippen molar-refractivity contribution in [3.05, 3.63) is 72.2 Å². The maximum Gasteiger partial charge on any atom is 0.172 e. The molecule has 0 radical (unpaired) electrons. The lowest BCUT2D eigenvalue weighted by molar-refractivity contribution is 0.577. The molecule has 6 heteroatoms. The van der Waals surface area contributed by atoms with Gasteiger partial charge in [-0.05, 0) is 17.2 Å². The number of hydrogen-bond acceptors (Lipinski definition) is 4. The van der Waals surface area contributed by atoms with Crippen LogP contribution in [-0.4, -0.2) is 33.1 Å². The molecule has 3 heterocycles. The zero-order chi connectivity index (χ0) is 16.4. The van der Waals surface area contributed by atoms with E-state index in [0.717, 1.165) is 28.5 Å². The molecule has 1 N–H and O–H groups in total. The van der Waals surface area contributed by atoms with Crippen LogP contribution in [0.25, 0.3) is 5.70 Å². The number of hydrogen-bond donors (Lipinski definition) is 1. The maximum absolute atomic E-state index is 4.74. The van der Waals surface area contributed by atoms with Gasteiger partial charge in [0, 0.05) is 18.6 Å². The Labute approximate surface area is 149 Å². The number of fused-ring (bicyclic) bond motifs is 1. The van der Waals surface area contributed by atoms with Gasteiger partial charge in [-0.2, -0.15) is 0 Å². The second kappa shape index (κ2) is 6.57. The third kappa shape index (κ3) is 2.97. The van der Waals surface area contributed by atoms with E-state index in [9.17, 15) is 0 Å². The highest BCUT2D eigenvalue weighted by atomic mass is 79.9. The summed E-state index contributed by atoms with van der Waals surface area (Å²) in [4.78, 5) is 15.8. The van der Waals surface area contributed by atoms with Gasteiger partial charge >= 0.3 is 0 Å². The van der Waals surface area contributed by atoms with Crippen molar-refractivity contribution in [2.24, 2.45) is 9.98 Å². The van der Waals surface area contributed by atoms with Gasteiger partial charge in [0.1, 0.15) is 4.95 Å². The quantitative estimate of drug-likeness (QED) is 0.656. The Balaban J connectivity index is 1.66. The average molecular weight is 382 g/mol. The fourth-order valence-electron chi connectivity index (χ4n) is 2.69. The van der Waals surface area contributed by atoms with E-state index in [1.165, 1.54) is 0 Å². The van der Waals surface area contributed by atoms with Crippen molar-refractivity contribution in [2.75, 3.05) is 6.54 Å². The molecule has 2 aliphatic heterocycles. The highest BCUT2D eigenvalue weighted by molar-refractivity contribution is 9.09. The standard InChI is InChI=1S/C18H16BrN5/c19-16-11-22-18-17(21-10-13-5-4-8-20-9-13)23-15(12-24(16)18)14-6-2-1-3-7-14/h1-9,12,16H,10-11H2,(H,21,23). The number of nitrogens with one attached hydrogen (secondary N) is 1. The first kappa shape index (κ1) is 15.1. The predicted octanol–water partition coefficient (Wildman–Crippen LogP) is 3.02. The van der Waals surface area contributed by atoms with Gasteiger partial charge in [0.05, 0.1) is 18.8 Å². The highest BCUT2D eigenvalue weighted by Gasteiger charge is 2.32. The van der Waals surface area contributed by atoms with Crippen LogP contribution < -0.4 is 5.32 Å². The molecule has 1 aromatic carbocycles. The number of amidine groups is 2. The fourth-order valence-corrected chi connectivity index (χ4v) is 3.15. The first-order chi connectivity index (χ1) is 11.8. The van der Waals surface area contributed by atoms with Gasteiger partial charge in [-0.3, -0.25) is 15.0 Å². The Morgan fingerprint density at radius 2 is 2.08 bits per heavy atom. The summed E-state index contributed by atoms with van der Waals surface area (Å²) in [5.41, 5.74) is 3.21. The molecule has 120 valence electrons. The van der Waals surface area contributed by atoms with Crippen molar-refractivity contribution < 1.29 is 0 Å². The SMILES string of the molecule is BrC1CN=C2C(=NCc3cccnc3)NC(c3ccccc3)=CN21. The number of nitrogens with zero attached hydrogens (tertiary/aromatic N) is 4. The molecule has 1 aromatic heterocycles. The number of halogens is 1. The maximum atomic E-state index is 4.74. The van der Waals surface area contributed by atoms with Crippen LogP contribution in [0.4, 0.5) is 0 Å². The summed E-state index contributed by atoms with van der Waals surface area (Å²) >= 11 is 3.68. The van der Waals surface area contributed by atoms with E-state index < -0.39 is 0 Å². The van der Waals surface area contributed by atoms with Gasteiger partial charge < -0.3 is 10.2 Å². The summed E-state index contributed by atoms with van der Waals surface area (Å²) in [6, 6.07) is 14.2. The summed E-state index contributed by atoms with van der Waals surface area (Å²) < 4.78 is 0. The van der Waals surface area contributed by atoms with Crippen LogP contribution in [-0.2, 0) is 6.54 Å². The summed E-state index contributed by atoms with van der Waals surface area (Å²) in [6.45, 7) is 1.28. The molecular formula is C18H16BrN5. The molecule has 24 heavy (non-hydrogen) atoms. The largest absolute Gasteiger partial charge is 0.336 e. The summed E-state index contributed by atoms with van der Waals surface area (Å²) in [7, 11) is 0. The van der Waals surface area contributed by atoms with Gasteiger partial charge in [-0.15, -0.1) is 0 Å². The number of pyridine rings is 1. The van der Waals surface area contributed by atoms with Crippen molar-refractivity contribution in [3.8, 4) is 0 Å². The Kier molecular flexibility index (Phi) is 4.13.